The number of carbonyl (C=O) groups excluding carboxylic acids is 1. The van der Waals surface area contributed by atoms with Crippen molar-refractivity contribution >= 4 is 35.2 Å². The van der Waals surface area contributed by atoms with Gasteiger partial charge in [0, 0.05) is 68.1 Å². The van der Waals surface area contributed by atoms with E-state index in [9.17, 15) is 14.7 Å². The maximum Gasteiger partial charge on any atom is 0.407 e. The van der Waals surface area contributed by atoms with Crippen LogP contribution in [0.25, 0.3) is 11.3 Å². The van der Waals surface area contributed by atoms with Gasteiger partial charge in [-0.15, -0.1) is 0 Å². The number of pyridine rings is 2. The minimum Gasteiger partial charge on any atom is -0.469 e. The van der Waals surface area contributed by atoms with E-state index in [0.29, 0.717) is 37.8 Å². The van der Waals surface area contributed by atoms with Gasteiger partial charge >= 0.3 is 12.1 Å². The molecule has 0 radical (unpaired) electrons. The number of carboxylic acid groups (broad SMARTS) is 1. The largest absolute Gasteiger partial charge is 0.469 e. The normalized spacial score (nSPS) is 19.3. The van der Waals surface area contributed by atoms with Crippen LogP contribution >= 0.6 is 0 Å². The number of aromatic nitrogens is 4. The fourth-order valence-electron chi connectivity index (χ4n) is 5.07. The molecule has 0 unspecified atom stereocenters. The van der Waals surface area contributed by atoms with Crippen molar-refractivity contribution in [1.29, 1.82) is 0 Å². The van der Waals surface area contributed by atoms with Gasteiger partial charge in [0.15, 0.2) is 0 Å². The van der Waals surface area contributed by atoms with Crippen molar-refractivity contribution in [3.8, 4) is 11.3 Å². The highest BCUT2D eigenvalue weighted by Crippen LogP contribution is 2.31. The van der Waals surface area contributed by atoms with E-state index in [4.69, 9.17) is 9.72 Å². The third-order valence-electron chi connectivity index (χ3n) is 7.19. The molecule has 1 saturated carbocycles. The molecule has 39 heavy (non-hydrogen) atoms. The minimum absolute atomic E-state index is 0.0393. The van der Waals surface area contributed by atoms with E-state index in [-0.39, 0.29) is 17.9 Å². The molecule has 3 N–H and O–H groups in total. The summed E-state index contributed by atoms with van der Waals surface area (Å²) >= 11 is 0. The Morgan fingerprint density at radius 1 is 0.974 bits per heavy atom. The van der Waals surface area contributed by atoms with Crippen LogP contribution in [0.4, 0.5) is 27.9 Å². The smallest absolute Gasteiger partial charge is 0.407 e. The molecule has 1 saturated heterocycles. The number of nitrogens with one attached hydrogen (secondary N) is 2. The highest BCUT2D eigenvalue weighted by molar-refractivity contribution is 5.73. The van der Waals surface area contributed by atoms with E-state index in [1.54, 1.807) is 24.8 Å². The quantitative estimate of drug-likeness (QED) is 0.384. The van der Waals surface area contributed by atoms with Gasteiger partial charge in [-0.1, -0.05) is 0 Å². The maximum absolute atomic E-state index is 11.9. The molecule has 1 aliphatic carbocycles. The first kappa shape index (κ1) is 26.1. The second-order valence-electron chi connectivity index (χ2n) is 9.72. The zero-order valence-corrected chi connectivity index (χ0v) is 21.8. The van der Waals surface area contributed by atoms with Crippen LogP contribution in [0.2, 0.25) is 0 Å². The molecule has 12 heteroatoms. The van der Waals surface area contributed by atoms with Crippen LogP contribution < -0.4 is 15.5 Å². The number of anilines is 4. The molecule has 3 aromatic heterocycles. The number of hydrogen-bond donors (Lipinski definition) is 3. The topological polar surface area (TPSA) is 146 Å². The third-order valence-corrected chi connectivity index (χ3v) is 7.19. The molecular formula is C27H32N8O4. The lowest BCUT2D eigenvalue weighted by Crippen LogP contribution is -2.48. The van der Waals surface area contributed by atoms with E-state index in [0.717, 1.165) is 48.4 Å². The predicted molar refractivity (Wildman–Crippen MR) is 146 cm³/mol. The number of ether oxygens (including phenoxy) is 1. The Labute approximate surface area is 226 Å². The first-order valence-electron chi connectivity index (χ1n) is 13.1. The average molecular weight is 533 g/mol. The van der Waals surface area contributed by atoms with Gasteiger partial charge in [0.05, 0.1) is 24.9 Å². The summed E-state index contributed by atoms with van der Waals surface area (Å²) in [5.41, 5.74) is 2.55. The number of esters is 1. The molecular weight excluding hydrogens is 500 g/mol. The van der Waals surface area contributed by atoms with Gasteiger partial charge in [0.25, 0.3) is 0 Å². The number of carbonyl (C=O) groups is 2. The van der Waals surface area contributed by atoms with Gasteiger partial charge in [-0.2, -0.15) is 0 Å². The summed E-state index contributed by atoms with van der Waals surface area (Å²) in [7, 11) is 1.44. The molecule has 3 aromatic rings. The van der Waals surface area contributed by atoms with Gasteiger partial charge in [-0.05, 0) is 43.9 Å². The molecule has 2 fully saturated rings. The second-order valence-corrected chi connectivity index (χ2v) is 9.72. The number of piperazine rings is 1. The van der Waals surface area contributed by atoms with Crippen molar-refractivity contribution in [3.05, 3.63) is 49.1 Å². The van der Waals surface area contributed by atoms with Gasteiger partial charge < -0.3 is 30.3 Å². The van der Waals surface area contributed by atoms with Crippen LogP contribution in [-0.4, -0.2) is 81.3 Å². The Balaban J connectivity index is 1.37. The Kier molecular flexibility index (Phi) is 7.99. The molecule has 204 valence electrons. The van der Waals surface area contributed by atoms with Gasteiger partial charge in [-0.3, -0.25) is 9.78 Å². The first-order chi connectivity index (χ1) is 19.0. The zero-order valence-electron chi connectivity index (χ0n) is 21.8. The van der Waals surface area contributed by atoms with E-state index >= 15 is 0 Å². The average Bonchev–Trinajstić information content (AvgIpc) is 2.97. The number of hydrogen-bond acceptors (Lipinski definition) is 10. The minimum atomic E-state index is -0.896. The van der Waals surface area contributed by atoms with Gasteiger partial charge in [0.1, 0.15) is 17.5 Å². The molecule has 12 nitrogen and oxygen atoms in total. The number of rotatable bonds is 7. The standard InChI is InChI=1S/C27H32N8O4/c1-39-26(36)18-2-4-20(5-3-18)31-21-15-22(32-23(16-21)33-24-17-28-8-9-29-24)19-6-7-30-25(14-19)34-10-12-35(13-11-34)27(37)38/h6-9,14-18,20H,2-5,10-13H2,1H3,(H,37,38)(H2,29,31,32,33)/t18-,20-. The van der Waals surface area contributed by atoms with Crippen molar-refractivity contribution in [2.75, 3.05) is 48.8 Å². The molecule has 2 aliphatic rings. The van der Waals surface area contributed by atoms with Crippen LogP contribution in [0.1, 0.15) is 25.7 Å². The molecule has 5 rings (SSSR count). The summed E-state index contributed by atoms with van der Waals surface area (Å²) < 4.78 is 4.93. The lowest BCUT2D eigenvalue weighted by molar-refractivity contribution is -0.146. The summed E-state index contributed by atoms with van der Waals surface area (Å²) in [4.78, 5) is 44.5. The van der Waals surface area contributed by atoms with Crippen molar-refractivity contribution < 1.29 is 19.4 Å². The van der Waals surface area contributed by atoms with Gasteiger partial charge in [0.2, 0.25) is 0 Å². The Morgan fingerprint density at radius 2 is 1.77 bits per heavy atom. The molecule has 1 amide bonds. The molecule has 4 heterocycles. The number of nitrogens with zero attached hydrogens (tertiary/aromatic N) is 6. The molecule has 0 spiro atoms. The number of amides is 1. The van der Waals surface area contributed by atoms with Crippen molar-refractivity contribution in [1.82, 2.24) is 24.8 Å². The first-order valence-corrected chi connectivity index (χ1v) is 13.1. The summed E-state index contributed by atoms with van der Waals surface area (Å²) in [6.07, 6.45) is 9.03. The molecule has 0 bridgehead atoms. The monoisotopic (exact) mass is 532 g/mol. The van der Waals surface area contributed by atoms with Crippen molar-refractivity contribution in [2.24, 2.45) is 5.92 Å². The van der Waals surface area contributed by atoms with Gasteiger partial charge in [-0.25, -0.2) is 19.7 Å². The molecule has 1 aliphatic heterocycles. The van der Waals surface area contributed by atoms with Crippen LogP contribution in [-0.2, 0) is 9.53 Å². The van der Waals surface area contributed by atoms with E-state index < -0.39 is 6.09 Å². The summed E-state index contributed by atoms with van der Waals surface area (Å²) in [5.74, 6) is 1.81. The van der Waals surface area contributed by atoms with Crippen LogP contribution in [0, 0.1) is 5.92 Å². The Bertz CT molecular complexity index is 1290. The highest BCUT2D eigenvalue weighted by atomic mass is 16.5. The summed E-state index contributed by atoms with van der Waals surface area (Å²) in [6, 6.07) is 8.07. The Morgan fingerprint density at radius 3 is 2.46 bits per heavy atom. The van der Waals surface area contributed by atoms with Crippen LogP contribution in [0.3, 0.4) is 0 Å². The van der Waals surface area contributed by atoms with E-state index in [1.807, 2.05) is 24.3 Å². The van der Waals surface area contributed by atoms with Crippen molar-refractivity contribution in [3.63, 3.8) is 0 Å². The lowest BCUT2D eigenvalue weighted by atomic mass is 9.86. The Hall–Kier alpha value is -4.48. The van der Waals surface area contributed by atoms with Crippen LogP contribution in [0.5, 0.6) is 0 Å². The summed E-state index contributed by atoms with van der Waals surface area (Å²) in [6.45, 7) is 2.02. The number of methoxy groups -OCH3 is 1. The molecule has 0 atom stereocenters. The fraction of sp³-hybridized carbons (Fsp3) is 0.407. The van der Waals surface area contributed by atoms with E-state index in [1.165, 1.54) is 12.0 Å². The zero-order chi connectivity index (χ0) is 27.2. The lowest BCUT2D eigenvalue weighted by Gasteiger charge is -2.34. The molecule has 0 aromatic carbocycles. The maximum atomic E-state index is 11.9. The van der Waals surface area contributed by atoms with Crippen LogP contribution in [0.15, 0.2) is 49.1 Å². The van der Waals surface area contributed by atoms with Crippen molar-refractivity contribution in [2.45, 2.75) is 31.7 Å². The fourth-order valence-corrected chi connectivity index (χ4v) is 5.07. The predicted octanol–water partition coefficient (Wildman–Crippen LogP) is 3.62. The highest BCUT2D eigenvalue weighted by Gasteiger charge is 2.27. The second kappa shape index (κ2) is 11.9. The third kappa shape index (κ3) is 6.51. The summed E-state index contributed by atoms with van der Waals surface area (Å²) in [5, 5.41) is 16.1. The van der Waals surface area contributed by atoms with E-state index in [2.05, 4.69) is 30.5 Å². The SMILES string of the molecule is COC(=O)[C@H]1CC[C@H](Nc2cc(Nc3cnccn3)nc(-c3ccnc(N4CCN(C(=O)O)CC4)c3)c2)CC1.